The molecule has 3 heterocycles. The summed E-state index contributed by atoms with van der Waals surface area (Å²) in [5.74, 6) is 1.31. The Morgan fingerprint density at radius 1 is 1.07 bits per heavy atom. The molecule has 0 atom stereocenters. The van der Waals surface area contributed by atoms with Crippen LogP contribution in [0.3, 0.4) is 0 Å². The van der Waals surface area contributed by atoms with Gasteiger partial charge in [0.15, 0.2) is 5.69 Å². The first-order valence-corrected chi connectivity index (χ1v) is 9.51. The third-order valence-corrected chi connectivity index (χ3v) is 5.24. The van der Waals surface area contributed by atoms with Gasteiger partial charge in [0, 0.05) is 25.2 Å². The van der Waals surface area contributed by atoms with Crippen LogP contribution in [0.15, 0.2) is 48.7 Å². The summed E-state index contributed by atoms with van der Waals surface area (Å²) in [7, 11) is 0. The smallest absolute Gasteiger partial charge is 0.276 e. The van der Waals surface area contributed by atoms with Crippen LogP contribution in [0, 0.1) is 0 Å². The molecule has 1 saturated carbocycles. The van der Waals surface area contributed by atoms with Crippen LogP contribution in [0.25, 0.3) is 5.52 Å². The number of ether oxygens (including phenoxy) is 1. The number of fused-ring (bicyclic) bond motifs is 1. The number of imidazole rings is 1. The van der Waals surface area contributed by atoms with E-state index in [1.165, 1.54) is 0 Å². The van der Waals surface area contributed by atoms with Crippen molar-refractivity contribution in [3.05, 3.63) is 60.2 Å². The second-order valence-electron chi connectivity index (χ2n) is 7.12. The highest BCUT2D eigenvalue weighted by Crippen LogP contribution is 2.40. The molecule has 1 aromatic carbocycles. The van der Waals surface area contributed by atoms with E-state index in [0.29, 0.717) is 24.8 Å². The normalized spacial score (nSPS) is 17.3. The molecular formula is C21H22N4O2. The minimum Gasteiger partial charge on any atom is -0.378 e. The molecule has 1 N–H and O–H groups in total. The molecule has 2 fully saturated rings. The third kappa shape index (κ3) is 3.06. The van der Waals surface area contributed by atoms with Gasteiger partial charge in [0.05, 0.1) is 30.1 Å². The van der Waals surface area contributed by atoms with Crippen LogP contribution in [0.4, 0.5) is 11.4 Å². The highest BCUT2D eigenvalue weighted by atomic mass is 16.5. The lowest BCUT2D eigenvalue weighted by Crippen LogP contribution is -2.36. The summed E-state index contributed by atoms with van der Waals surface area (Å²) in [4.78, 5) is 20.0. The second kappa shape index (κ2) is 6.70. The van der Waals surface area contributed by atoms with Gasteiger partial charge in [0.2, 0.25) is 0 Å². The fraction of sp³-hybridized carbons (Fsp3) is 0.333. The fourth-order valence-electron chi connectivity index (χ4n) is 3.70. The van der Waals surface area contributed by atoms with E-state index in [0.717, 1.165) is 48.6 Å². The molecule has 2 aliphatic rings. The molecule has 1 saturated heterocycles. The zero-order valence-electron chi connectivity index (χ0n) is 15.1. The summed E-state index contributed by atoms with van der Waals surface area (Å²) in [5.41, 5.74) is 3.20. The molecular weight excluding hydrogens is 340 g/mol. The van der Waals surface area contributed by atoms with Crippen molar-refractivity contribution in [3.8, 4) is 0 Å². The highest BCUT2D eigenvalue weighted by Gasteiger charge is 2.30. The minimum absolute atomic E-state index is 0.161. The third-order valence-electron chi connectivity index (χ3n) is 5.24. The van der Waals surface area contributed by atoms with Crippen LogP contribution < -0.4 is 10.2 Å². The van der Waals surface area contributed by atoms with E-state index >= 15 is 0 Å². The number of carbonyl (C=O) groups excluding carboxylic acids is 1. The van der Waals surface area contributed by atoms with E-state index in [1.807, 2.05) is 48.7 Å². The summed E-state index contributed by atoms with van der Waals surface area (Å²) in [6, 6.07) is 13.8. The molecule has 1 amide bonds. The van der Waals surface area contributed by atoms with E-state index in [1.54, 1.807) is 0 Å². The summed E-state index contributed by atoms with van der Waals surface area (Å²) in [5, 5.41) is 3.09. The standard InChI is InChI=1S/C21H22N4O2/c26-21(19-18-7-3-4-10-25(18)20(23-19)15-8-9-15)22-16-5-1-2-6-17(16)24-11-13-27-14-12-24/h1-7,10,15H,8-9,11-14H2,(H,22,26). The molecule has 6 nitrogen and oxygen atoms in total. The van der Waals surface area contributed by atoms with Gasteiger partial charge in [-0.05, 0) is 37.1 Å². The summed E-state index contributed by atoms with van der Waals surface area (Å²) < 4.78 is 7.50. The number of amides is 1. The van der Waals surface area contributed by atoms with Crippen LogP contribution in [0.1, 0.15) is 35.1 Å². The van der Waals surface area contributed by atoms with Gasteiger partial charge in [-0.1, -0.05) is 18.2 Å². The van der Waals surface area contributed by atoms with E-state index in [4.69, 9.17) is 9.72 Å². The Morgan fingerprint density at radius 2 is 1.85 bits per heavy atom. The lowest BCUT2D eigenvalue weighted by molar-refractivity contribution is 0.102. The first kappa shape index (κ1) is 16.3. The maximum Gasteiger partial charge on any atom is 0.276 e. The molecule has 1 aliphatic carbocycles. The summed E-state index contributed by atoms with van der Waals surface area (Å²) >= 11 is 0. The van der Waals surface area contributed by atoms with Crippen LogP contribution in [-0.4, -0.2) is 41.6 Å². The minimum atomic E-state index is -0.161. The van der Waals surface area contributed by atoms with Crippen LogP contribution in [0.5, 0.6) is 0 Å². The molecule has 1 aliphatic heterocycles. The average molecular weight is 362 g/mol. The number of nitrogens with zero attached hydrogens (tertiary/aromatic N) is 3. The maximum atomic E-state index is 13.1. The maximum absolute atomic E-state index is 13.1. The number of hydrogen-bond acceptors (Lipinski definition) is 4. The Bertz CT molecular complexity index is 987. The Hall–Kier alpha value is -2.86. The Morgan fingerprint density at radius 3 is 2.67 bits per heavy atom. The number of aromatic nitrogens is 2. The van der Waals surface area contributed by atoms with Crippen molar-refractivity contribution >= 4 is 22.8 Å². The summed E-state index contributed by atoms with van der Waals surface area (Å²) in [6.07, 6.45) is 4.29. The van der Waals surface area contributed by atoms with Crippen molar-refractivity contribution in [3.63, 3.8) is 0 Å². The first-order valence-electron chi connectivity index (χ1n) is 9.51. The Kier molecular flexibility index (Phi) is 4.05. The van der Waals surface area contributed by atoms with Gasteiger partial charge < -0.3 is 19.4 Å². The van der Waals surface area contributed by atoms with Crippen LogP contribution >= 0.6 is 0 Å². The Labute approximate surface area is 157 Å². The second-order valence-corrected chi connectivity index (χ2v) is 7.12. The van der Waals surface area contributed by atoms with Crippen molar-refractivity contribution in [1.29, 1.82) is 0 Å². The number of morpholine rings is 1. The number of anilines is 2. The van der Waals surface area contributed by atoms with Crippen LogP contribution in [0.2, 0.25) is 0 Å². The molecule has 0 spiro atoms. The zero-order valence-corrected chi connectivity index (χ0v) is 15.1. The molecule has 6 heteroatoms. The number of para-hydroxylation sites is 2. The van der Waals surface area contributed by atoms with Gasteiger partial charge in [-0.2, -0.15) is 0 Å². The number of hydrogen-bond donors (Lipinski definition) is 1. The molecule has 2 aromatic heterocycles. The molecule has 3 aromatic rings. The molecule has 0 unspecified atom stereocenters. The van der Waals surface area contributed by atoms with Crippen molar-refractivity contribution < 1.29 is 9.53 Å². The van der Waals surface area contributed by atoms with Gasteiger partial charge in [0.25, 0.3) is 5.91 Å². The van der Waals surface area contributed by atoms with E-state index < -0.39 is 0 Å². The lowest BCUT2D eigenvalue weighted by atomic mass is 10.2. The largest absolute Gasteiger partial charge is 0.378 e. The monoisotopic (exact) mass is 362 g/mol. The Balaban J connectivity index is 1.47. The van der Waals surface area contributed by atoms with Crippen LogP contribution in [-0.2, 0) is 4.74 Å². The predicted octanol–water partition coefficient (Wildman–Crippen LogP) is 3.30. The number of benzene rings is 1. The van der Waals surface area contributed by atoms with Crippen molar-refractivity contribution in [2.75, 3.05) is 36.5 Å². The predicted molar refractivity (Wildman–Crippen MR) is 105 cm³/mol. The molecule has 0 radical (unpaired) electrons. The quantitative estimate of drug-likeness (QED) is 0.774. The van der Waals surface area contributed by atoms with Gasteiger partial charge in [0.1, 0.15) is 5.82 Å². The summed E-state index contributed by atoms with van der Waals surface area (Å²) in [6.45, 7) is 3.07. The van der Waals surface area contributed by atoms with Gasteiger partial charge in [-0.3, -0.25) is 4.79 Å². The zero-order chi connectivity index (χ0) is 18.2. The lowest BCUT2D eigenvalue weighted by Gasteiger charge is -2.30. The molecule has 138 valence electrons. The van der Waals surface area contributed by atoms with Crippen molar-refractivity contribution in [2.45, 2.75) is 18.8 Å². The molecule has 5 rings (SSSR count). The fourth-order valence-corrected chi connectivity index (χ4v) is 3.70. The molecule has 0 bridgehead atoms. The highest BCUT2D eigenvalue weighted by molar-refractivity contribution is 6.09. The van der Waals surface area contributed by atoms with Gasteiger partial charge in [-0.25, -0.2) is 4.98 Å². The number of rotatable bonds is 4. The number of carbonyl (C=O) groups is 1. The van der Waals surface area contributed by atoms with Gasteiger partial charge in [-0.15, -0.1) is 0 Å². The van der Waals surface area contributed by atoms with Crippen molar-refractivity contribution in [2.24, 2.45) is 0 Å². The van der Waals surface area contributed by atoms with E-state index in [-0.39, 0.29) is 5.91 Å². The van der Waals surface area contributed by atoms with Gasteiger partial charge >= 0.3 is 0 Å². The number of nitrogens with one attached hydrogen (secondary N) is 1. The van der Waals surface area contributed by atoms with Crippen molar-refractivity contribution in [1.82, 2.24) is 9.38 Å². The molecule has 27 heavy (non-hydrogen) atoms. The average Bonchev–Trinajstić information content (AvgIpc) is 3.49. The van der Waals surface area contributed by atoms with E-state index in [9.17, 15) is 4.79 Å². The number of pyridine rings is 1. The SMILES string of the molecule is O=C(Nc1ccccc1N1CCOCC1)c1nc(C2CC2)n2ccccc12. The van der Waals surface area contributed by atoms with E-state index in [2.05, 4.69) is 14.6 Å². The topological polar surface area (TPSA) is 58.9 Å². The first-order chi connectivity index (χ1) is 13.3.